The maximum atomic E-state index is 12.1. The van der Waals surface area contributed by atoms with Crippen molar-refractivity contribution in [3.05, 3.63) is 40.3 Å². The first kappa shape index (κ1) is 13.1. The van der Waals surface area contributed by atoms with Crippen molar-refractivity contribution in [2.24, 2.45) is 0 Å². The van der Waals surface area contributed by atoms with E-state index in [1.807, 2.05) is 6.92 Å². The van der Waals surface area contributed by atoms with Gasteiger partial charge in [0.1, 0.15) is 5.65 Å². The fourth-order valence-electron chi connectivity index (χ4n) is 1.74. The van der Waals surface area contributed by atoms with Gasteiger partial charge in [-0.3, -0.25) is 14.0 Å². The zero-order chi connectivity index (χ0) is 13.8. The largest absolute Gasteiger partial charge is 0.493 e. The molecule has 2 aromatic rings. The second-order valence-electron chi connectivity index (χ2n) is 4.15. The highest BCUT2D eigenvalue weighted by Gasteiger charge is 2.18. The van der Waals surface area contributed by atoms with E-state index in [1.165, 1.54) is 10.6 Å². The van der Waals surface area contributed by atoms with E-state index < -0.39 is 17.3 Å². The van der Waals surface area contributed by atoms with E-state index in [1.54, 1.807) is 18.2 Å². The van der Waals surface area contributed by atoms with Gasteiger partial charge in [0.05, 0.1) is 0 Å². The van der Waals surface area contributed by atoms with E-state index in [0.29, 0.717) is 12.2 Å². The van der Waals surface area contributed by atoms with Crippen molar-refractivity contribution >= 4 is 11.6 Å². The van der Waals surface area contributed by atoms with Crippen molar-refractivity contribution in [2.45, 2.75) is 19.8 Å². The third-order valence-corrected chi connectivity index (χ3v) is 2.76. The van der Waals surface area contributed by atoms with Crippen LogP contribution in [0.1, 0.15) is 30.1 Å². The van der Waals surface area contributed by atoms with Crippen LogP contribution in [0.3, 0.4) is 0 Å². The number of unbranched alkanes of at least 4 members (excludes halogenated alkanes) is 1. The number of nitrogens with zero attached hydrogens (tertiary/aromatic N) is 2. The molecular formula is C13H15N3O3. The number of carbonyl (C=O) groups is 1. The number of pyridine rings is 1. The molecule has 0 aliphatic heterocycles. The summed E-state index contributed by atoms with van der Waals surface area (Å²) in [6.07, 6.45) is 3.25. The molecule has 0 fully saturated rings. The van der Waals surface area contributed by atoms with Crippen molar-refractivity contribution in [1.29, 1.82) is 0 Å². The van der Waals surface area contributed by atoms with Crippen LogP contribution in [0.4, 0.5) is 0 Å². The molecule has 0 unspecified atom stereocenters. The van der Waals surface area contributed by atoms with Gasteiger partial charge in [0.2, 0.25) is 5.88 Å². The molecule has 0 spiro atoms. The monoisotopic (exact) mass is 261 g/mol. The molecular weight excluding hydrogens is 246 g/mol. The topological polar surface area (TPSA) is 83.7 Å². The minimum Gasteiger partial charge on any atom is -0.493 e. The Morgan fingerprint density at radius 1 is 1.47 bits per heavy atom. The van der Waals surface area contributed by atoms with Crippen molar-refractivity contribution in [2.75, 3.05) is 6.54 Å². The molecule has 2 aromatic heterocycles. The maximum absolute atomic E-state index is 12.1. The standard InChI is InChI=1S/C13H15N3O3/c1-2-3-7-14-11(17)10-12(18)15-9-6-4-5-8-16(9)13(10)19/h4-6,8,18H,2-3,7H2,1H3,(H,14,17). The third-order valence-electron chi connectivity index (χ3n) is 2.76. The summed E-state index contributed by atoms with van der Waals surface area (Å²) in [4.78, 5) is 27.8. The minimum atomic E-state index is -0.596. The quantitative estimate of drug-likeness (QED) is 0.802. The summed E-state index contributed by atoms with van der Waals surface area (Å²) in [6.45, 7) is 2.46. The lowest BCUT2D eigenvalue weighted by atomic mass is 10.2. The van der Waals surface area contributed by atoms with Crippen LogP contribution in [0.2, 0.25) is 0 Å². The molecule has 6 nitrogen and oxygen atoms in total. The van der Waals surface area contributed by atoms with Crippen LogP contribution in [0.5, 0.6) is 5.88 Å². The van der Waals surface area contributed by atoms with Crippen LogP contribution < -0.4 is 10.9 Å². The first-order chi connectivity index (χ1) is 9.15. The Balaban J connectivity index is 2.43. The van der Waals surface area contributed by atoms with Gasteiger partial charge in [0.25, 0.3) is 11.5 Å². The summed E-state index contributed by atoms with van der Waals surface area (Å²) in [5.74, 6) is -1.13. The summed E-state index contributed by atoms with van der Waals surface area (Å²) >= 11 is 0. The van der Waals surface area contributed by atoms with Gasteiger partial charge in [-0.2, -0.15) is 4.98 Å². The van der Waals surface area contributed by atoms with Crippen molar-refractivity contribution in [1.82, 2.24) is 14.7 Å². The third kappa shape index (κ3) is 2.57. The molecule has 2 N–H and O–H groups in total. The molecule has 0 aliphatic rings. The van der Waals surface area contributed by atoms with Crippen LogP contribution in [-0.2, 0) is 0 Å². The number of hydrogen-bond acceptors (Lipinski definition) is 4. The number of hydrogen-bond donors (Lipinski definition) is 2. The summed E-state index contributed by atoms with van der Waals surface area (Å²) in [6, 6.07) is 4.94. The van der Waals surface area contributed by atoms with Gasteiger partial charge in [-0.05, 0) is 18.6 Å². The van der Waals surface area contributed by atoms with Crippen molar-refractivity contribution in [3.63, 3.8) is 0 Å². The number of aromatic nitrogens is 2. The highest BCUT2D eigenvalue weighted by Crippen LogP contribution is 2.10. The Bertz CT molecular complexity index is 664. The molecule has 100 valence electrons. The first-order valence-electron chi connectivity index (χ1n) is 6.13. The lowest BCUT2D eigenvalue weighted by molar-refractivity contribution is 0.0948. The SMILES string of the molecule is CCCCNC(=O)c1c(O)nc2ccccn2c1=O. The Hall–Kier alpha value is -2.37. The van der Waals surface area contributed by atoms with Gasteiger partial charge in [-0.1, -0.05) is 19.4 Å². The van der Waals surface area contributed by atoms with Crippen LogP contribution in [0, 0.1) is 0 Å². The highest BCUT2D eigenvalue weighted by molar-refractivity contribution is 5.96. The summed E-state index contributed by atoms with van der Waals surface area (Å²) < 4.78 is 1.23. The van der Waals surface area contributed by atoms with Gasteiger partial charge >= 0.3 is 0 Å². The normalized spacial score (nSPS) is 10.6. The summed E-state index contributed by atoms with van der Waals surface area (Å²) in [5.41, 5.74) is -0.591. The molecule has 6 heteroatoms. The van der Waals surface area contributed by atoms with Gasteiger partial charge < -0.3 is 10.4 Å². The van der Waals surface area contributed by atoms with E-state index in [2.05, 4.69) is 10.3 Å². The molecule has 2 heterocycles. The van der Waals surface area contributed by atoms with Crippen molar-refractivity contribution < 1.29 is 9.90 Å². The van der Waals surface area contributed by atoms with E-state index in [0.717, 1.165) is 12.8 Å². The highest BCUT2D eigenvalue weighted by atomic mass is 16.3. The lowest BCUT2D eigenvalue weighted by Gasteiger charge is -2.07. The second kappa shape index (κ2) is 5.51. The van der Waals surface area contributed by atoms with E-state index >= 15 is 0 Å². The Morgan fingerprint density at radius 2 is 2.26 bits per heavy atom. The molecule has 0 atom stereocenters. The maximum Gasteiger partial charge on any atom is 0.274 e. The number of carbonyl (C=O) groups excluding carboxylic acids is 1. The number of amides is 1. The number of fused-ring (bicyclic) bond motifs is 1. The molecule has 19 heavy (non-hydrogen) atoms. The average molecular weight is 261 g/mol. The van der Waals surface area contributed by atoms with Crippen LogP contribution in [0.15, 0.2) is 29.2 Å². The fourth-order valence-corrected chi connectivity index (χ4v) is 1.74. The molecule has 0 bridgehead atoms. The molecule has 0 saturated carbocycles. The van der Waals surface area contributed by atoms with Gasteiger partial charge in [0, 0.05) is 12.7 Å². The molecule has 2 rings (SSSR count). The number of rotatable bonds is 4. The predicted molar refractivity (Wildman–Crippen MR) is 70.4 cm³/mol. The predicted octanol–water partition coefficient (Wildman–Crippen LogP) is 0.930. The van der Waals surface area contributed by atoms with Gasteiger partial charge in [0.15, 0.2) is 5.56 Å². The number of nitrogens with one attached hydrogen (secondary N) is 1. The van der Waals surface area contributed by atoms with Crippen LogP contribution in [0.25, 0.3) is 5.65 Å². The fraction of sp³-hybridized carbons (Fsp3) is 0.308. The van der Waals surface area contributed by atoms with Gasteiger partial charge in [-0.25, -0.2) is 0 Å². The van der Waals surface area contributed by atoms with E-state index in [4.69, 9.17) is 0 Å². The smallest absolute Gasteiger partial charge is 0.274 e. The minimum absolute atomic E-state index is 0.301. The average Bonchev–Trinajstić information content (AvgIpc) is 2.39. The van der Waals surface area contributed by atoms with E-state index in [9.17, 15) is 14.7 Å². The molecule has 1 amide bonds. The number of aromatic hydroxyl groups is 1. The Labute approximate surface area is 109 Å². The van der Waals surface area contributed by atoms with Crippen LogP contribution in [-0.4, -0.2) is 26.9 Å². The molecule has 0 radical (unpaired) electrons. The van der Waals surface area contributed by atoms with Crippen LogP contribution >= 0.6 is 0 Å². The second-order valence-corrected chi connectivity index (χ2v) is 4.15. The lowest BCUT2D eigenvalue weighted by Crippen LogP contribution is -2.32. The van der Waals surface area contributed by atoms with E-state index in [-0.39, 0.29) is 5.56 Å². The molecule has 0 aliphatic carbocycles. The summed E-state index contributed by atoms with van der Waals surface area (Å²) in [5, 5.41) is 12.3. The molecule has 0 aromatic carbocycles. The Kier molecular flexibility index (Phi) is 3.79. The van der Waals surface area contributed by atoms with Gasteiger partial charge in [-0.15, -0.1) is 0 Å². The zero-order valence-electron chi connectivity index (χ0n) is 10.6. The first-order valence-corrected chi connectivity index (χ1v) is 6.13. The Morgan fingerprint density at radius 3 is 3.00 bits per heavy atom. The molecule has 0 saturated heterocycles. The zero-order valence-corrected chi connectivity index (χ0v) is 10.6. The van der Waals surface area contributed by atoms with Crippen molar-refractivity contribution in [3.8, 4) is 5.88 Å². The summed E-state index contributed by atoms with van der Waals surface area (Å²) in [7, 11) is 0.